The summed E-state index contributed by atoms with van der Waals surface area (Å²) in [6.45, 7) is 7.19. The van der Waals surface area contributed by atoms with Crippen molar-refractivity contribution >= 4 is 16.7 Å². The number of rotatable bonds is 4. The van der Waals surface area contributed by atoms with Crippen LogP contribution >= 0.6 is 0 Å². The average molecular weight is 272 g/mol. The number of para-hydroxylation sites is 1. The number of hydrogen-bond donors (Lipinski definition) is 0. The molecule has 0 unspecified atom stereocenters. The minimum Gasteiger partial charge on any atom is -0.379 e. The fraction of sp³-hybridized carbons (Fsp3) is 0.438. The molecule has 1 fully saturated rings. The number of Topliss-reactive ketones (excluding diaryl/α,β-unsaturated/α-hetero) is 1. The molecule has 0 amide bonds. The van der Waals surface area contributed by atoms with Crippen molar-refractivity contribution in [2.75, 3.05) is 32.8 Å². The molecule has 1 aliphatic heterocycles. The summed E-state index contributed by atoms with van der Waals surface area (Å²) < 4.78 is 7.56. The molecular weight excluding hydrogens is 252 g/mol. The van der Waals surface area contributed by atoms with Gasteiger partial charge in [0.1, 0.15) is 0 Å². The number of fused-ring (bicyclic) bond motifs is 1. The van der Waals surface area contributed by atoms with Gasteiger partial charge in [-0.1, -0.05) is 18.2 Å². The van der Waals surface area contributed by atoms with E-state index in [0.717, 1.165) is 55.9 Å². The Morgan fingerprint density at radius 3 is 2.70 bits per heavy atom. The first-order valence-electron chi connectivity index (χ1n) is 7.14. The van der Waals surface area contributed by atoms with Crippen LogP contribution in [-0.2, 0) is 11.3 Å². The lowest BCUT2D eigenvalue weighted by molar-refractivity contribution is 0.0365. The van der Waals surface area contributed by atoms with E-state index >= 15 is 0 Å². The second-order valence-corrected chi connectivity index (χ2v) is 5.26. The zero-order chi connectivity index (χ0) is 13.9. The standard InChI is InChI=1S/C16H20N2O2/c1-13(19)15-12-18(16-5-3-2-4-14(15)16)7-6-17-8-10-20-11-9-17/h2-5,12H,6-11H2,1H3. The highest BCUT2D eigenvalue weighted by atomic mass is 16.5. The Balaban J connectivity index is 1.82. The van der Waals surface area contributed by atoms with Crippen LogP contribution in [0.15, 0.2) is 30.5 Å². The third kappa shape index (κ3) is 2.62. The predicted molar refractivity (Wildman–Crippen MR) is 79.2 cm³/mol. The van der Waals surface area contributed by atoms with Crippen LogP contribution in [0.5, 0.6) is 0 Å². The largest absolute Gasteiger partial charge is 0.379 e. The minimum absolute atomic E-state index is 0.131. The van der Waals surface area contributed by atoms with Gasteiger partial charge in [0.25, 0.3) is 0 Å². The number of carbonyl (C=O) groups is 1. The van der Waals surface area contributed by atoms with Crippen molar-refractivity contribution in [3.05, 3.63) is 36.0 Å². The van der Waals surface area contributed by atoms with E-state index < -0.39 is 0 Å². The van der Waals surface area contributed by atoms with Gasteiger partial charge in [0.15, 0.2) is 5.78 Å². The van der Waals surface area contributed by atoms with Crippen molar-refractivity contribution in [1.82, 2.24) is 9.47 Å². The molecule has 1 aliphatic rings. The molecule has 2 heterocycles. The number of aromatic nitrogens is 1. The topological polar surface area (TPSA) is 34.5 Å². The molecule has 4 heteroatoms. The van der Waals surface area contributed by atoms with E-state index in [1.807, 2.05) is 24.4 Å². The van der Waals surface area contributed by atoms with Gasteiger partial charge in [-0.25, -0.2) is 0 Å². The molecule has 2 aromatic rings. The SMILES string of the molecule is CC(=O)c1cn(CCN2CCOCC2)c2ccccc12. The van der Waals surface area contributed by atoms with Crippen LogP contribution < -0.4 is 0 Å². The highest BCUT2D eigenvalue weighted by Gasteiger charge is 2.13. The summed E-state index contributed by atoms with van der Waals surface area (Å²) in [5, 5.41) is 1.06. The van der Waals surface area contributed by atoms with Crippen molar-refractivity contribution in [3.63, 3.8) is 0 Å². The third-order valence-electron chi connectivity index (χ3n) is 3.93. The van der Waals surface area contributed by atoms with E-state index in [9.17, 15) is 4.79 Å². The molecule has 1 saturated heterocycles. The van der Waals surface area contributed by atoms with E-state index in [2.05, 4.69) is 15.5 Å². The molecule has 3 rings (SSSR count). The molecule has 1 aromatic heterocycles. The fourth-order valence-corrected chi connectivity index (χ4v) is 2.79. The van der Waals surface area contributed by atoms with Crippen LogP contribution in [0.4, 0.5) is 0 Å². The Morgan fingerprint density at radius 2 is 1.95 bits per heavy atom. The molecule has 0 bridgehead atoms. The van der Waals surface area contributed by atoms with Crippen LogP contribution in [0.3, 0.4) is 0 Å². The Bertz CT molecular complexity index is 612. The Kier molecular flexibility index (Phi) is 3.85. The van der Waals surface area contributed by atoms with Gasteiger partial charge in [-0.2, -0.15) is 0 Å². The first kappa shape index (κ1) is 13.3. The first-order chi connectivity index (χ1) is 9.75. The number of ether oxygens (including phenoxy) is 1. The van der Waals surface area contributed by atoms with Gasteiger partial charge < -0.3 is 9.30 Å². The zero-order valence-electron chi connectivity index (χ0n) is 11.8. The van der Waals surface area contributed by atoms with E-state index in [4.69, 9.17) is 4.74 Å². The number of morpholine rings is 1. The van der Waals surface area contributed by atoms with Gasteiger partial charge in [-0.05, 0) is 13.0 Å². The molecule has 0 N–H and O–H groups in total. The highest BCUT2D eigenvalue weighted by Crippen LogP contribution is 2.21. The lowest BCUT2D eigenvalue weighted by Crippen LogP contribution is -2.38. The number of ketones is 1. The van der Waals surface area contributed by atoms with Gasteiger partial charge in [0, 0.05) is 48.8 Å². The molecule has 106 valence electrons. The number of nitrogens with zero attached hydrogens (tertiary/aromatic N) is 2. The quantitative estimate of drug-likeness (QED) is 0.800. The summed E-state index contributed by atoms with van der Waals surface area (Å²) in [6, 6.07) is 8.12. The van der Waals surface area contributed by atoms with Crippen molar-refractivity contribution in [3.8, 4) is 0 Å². The van der Waals surface area contributed by atoms with Crippen LogP contribution in [0, 0.1) is 0 Å². The molecule has 0 radical (unpaired) electrons. The number of carbonyl (C=O) groups excluding carboxylic acids is 1. The third-order valence-corrected chi connectivity index (χ3v) is 3.93. The van der Waals surface area contributed by atoms with E-state index in [-0.39, 0.29) is 5.78 Å². The van der Waals surface area contributed by atoms with Crippen molar-refractivity contribution < 1.29 is 9.53 Å². The van der Waals surface area contributed by atoms with Gasteiger partial charge >= 0.3 is 0 Å². The fourth-order valence-electron chi connectivity index (χ4n) is 2.79. The van der Waals surface area contributed by atoms with Crippen LogP contribution in [0.2, 0.25) is 0 Å². The number of hydrogen-bond acceptors (Lipinski definition) is 3. The normalized spacial score (nSPS) is 16.6. The van der Waals surface area contributed by atoms with Crippen LogP contribution in [0.1, 0.15) is 17.3 Å². The second kappa shape index (κ2) is 5.77. The molecular formula is C16H20N2O2. The lowest BCUT2D eigenvalue weighted by Gasteiger charge is -2.26. The van der Waals surface area contributed by atoms with Crippen molar-refractivity contribution in [1.29, 1.82) is 0 Å². The summed E-state index contributed by atoms with van der Waals surface area (Å²) in [6.07, 6.45) is 1.99. The van der Waals surface area contributed by atoms with Crippen LogP contribution in [-0.4, -0.2) is 48.1 Å². The molecule has 1 aromatic carbocycles. The summed E-state index contributed by atoms with van der Waals surface area (Å²) in [7, 11) is 0. The molecule has 0 spiro atoms. The Morgan fingerprint density at radius 1 is 1.20 bits per heavy atom. The maximum Gasteiger partial charge on any atom is 0.161 e. The highest BCUT2D eigenvalue weighted by molar-refractivity contribution is 6.06. The summed E-state index contributed by atoms with van der Waals surface area (Å²) in [5.74, 6) is 0.131. The van der Waals surface area contributed by atoms with Crippen molar-refractivity contribution in [2.24, 2.45) is 0 Å². The summed E-state index contributed by atoms with van der Waals surface area (Å²) in [4.78, 5) is 14.1. The maximum atomic E-state index is 11.7. The van der Waals surface area contributed by atoms with E-state index in [0.29, 0.717) is 0 Å². The number of benzene rings is 1. The minimum atomic E-state index is 0.131. The maximum absolute atomic E-state index is 11.7. The monoisotopic (exact) mass is 272 g/mol. The van der Waals surface area contributed by atoms with Gasteiger partial charge in [-0.3, -0.25) is 9.69 Å². The Labute approximate surface area is 118 Å². The first-order valence-corrected chi connectivity index (χ1v) is 7.14. The van der Waals surface area contributed by atoms with E-state index in [1.54, 1.807) is 6.92 Å². The van der Waals surface area contributed by atoms with Gasteiger partial charge in [0.05, 0.1) is 13.2 Å². The molecule has 0 atom stereocenters. The average Bonchev–Trinajstić information content (AvgIpc) is 2.85. The zero-order valence-corrected chi connectivity index (χ0v) is 11.8. The van der Waals surface area contributed by atoms with Gasteiger partial charge in [0.2, 0.25) is 0 Å². The molecule has 20 heavy (non-hydrogen) atoms. The second-order valence-electron chi connectivity index (χ2n) is 5.26. The van der Waals surface area contributed by atoms with Crippen LogP contribution in [0.25, 0.3) is 10.9 Å². The molecule has 4 nitrogen and oxygen atoms in total. The Hall–Kier alpha value is -1.65. The van der Waals surface area contributed by atoms with E-state index in [1.165, 1.54) is 0 Å². The molecule has 0 saturated carbocycles. The van der Waals surface area contributed by atoms with Gasteiger partial charge in [-0.15, -0.1) is 0 Å². The van der Waals surface area contributed by atoms with Crippen molar-refractivity contribution in [2.45, 2.75) is 13.5 Å². The summed E-state index contributed by atoms with van der Waals surface area (Å²) >= 11 is 0. The molecule has 0 aliphatic carbocycles. The smallest absolute Gasteiger partial charge is 0.161 e. The summed E-state index contributed by atoms with van der Waals surface area (Å²) in [5.41, 5.74) is 1.97. The lowest BCUT2D eigenvalue weighted by atomic mass is 10.1. The predicted octanol–water partition coefficient (Wildman–Crippen LogP) is 2.18.